The average molecular weight is 423 g/mol. The number of carbonyl (C=O) groups excluding carboxylic acids is 1. The van der Waals surface area contributed by atoms with Crippen LogP contribution in [0.3, 0.4) is 0 Å². The molecule has 2 aromatic carbocycles. The molecule has 0 unspecified atom stereocenters. The number of rotatable bonds is 4. The molecule has 4 rings (SSSR count). The second kappa shape index (κ2) is 7.98. The molecule has 8 heteroatoms. The number of anilines is 1. The Labute approximate surface area is 175 Å². The average Bonchev–Trinajstić information content (AvgIpc) is 3.17. The molecule has 4 aromatic rings. The first kappa shape index (κ1) is 19.0. The molecule has 29 heavy (non-hydrogen) atoms. The highest BCUT2D eigenvalue weighted by atomic mass is 35.5. The van der Waals surface area contributed by atoms with Gasteiger partial charge in [0.1, 0.15) is 0 Å². The molecular formula is C21H15ClN4O2S. The zero-order valence-electron chi connectivity index (χ0n) is 15.3. The molecule has 0 radical (unpaired) electrons. The molecule has 2 heterocycles. The van der Waals surface area contributed by atoms with Crippen molar-refractivity contribution in [2.24, 2.45) is 0 Å². The number of hydrogen-bond acceptors (Lipinski definition) is 5. The van der Waals surface area contributed by atoms with Gasteiger partial charge in [-0.2, -0.15) is 5.10 Å². The number of para-hydroxylation sites is 1. The highest BCUT2D eigenvalue weighted by Gasteiger charge is 2.17. The van der Waals surface area contributed by atoms with E-state index in [1.165, 1.54) is 17.4 Å². The molecule has 144 valence electrons. The van der Waals surface area contributed by atoms with E-state index in [0.29, 0.717) is 21.5 Å². The summed E-state index contributed by atoms with van der Waals surface area (Å²) in [7, 11) is 0. The van der Waals surface area contributed by atoms with Gasteiger partial charge in [-0.15, -0.1) is 11.3 Å². The molecule has 6 nitrogen and oxygen atoms in total. The van der Waals surface area contributed by atoms with E-state index in [1.54, 1.807) is 23.7 Å². The van der Waals surface area contributed by atoms with Gasteiger partial charge in [0, 0.05) is 27.7 Å². The zero-order valence-corrected chi connectivity index (χ0v) is 16.9. The Morgan fingerprint density at radius 1 is 1.10 bits per heavy atom. The monoisotopic (exact) mass is 422 g/mol. The van der Waals surface area contributed by atoms with Crippen molar-refractivity contribution in [3.8, 4) is 16.9 Å². The summed E-state index contributed by atoms with van der Waals surface area (Å²) in [5, 5.41) is 9.77. The van der Waals surface area contributed by atoms with Crippen LogP contribution in [0.25, 0.3) is 16.9 Å². The van der Waals surface area contributed by atoms with E-state index in [4.69, 9.17) is 11.6 Å². The van der Waals surface area contributed by atoms with Crippen LogP contribution in [0.15, 0.2) is 70.8 Å². The van der Waals surface area contributed by atoms with Gasteiger partial charge in [-0.1, -0.05) is 41.9 Å². The van der Waals surface area contributed by atoms with Crippen LogP contribution >= 0.6 is 22.9 Å². The van der Waals surface area contributed by atoms with E-state index in [9.17, 15) is 9.59 Å². The fourth-order valence-electron chi connectivity index (χ4n) is 2.78. The highest BCUT2D eigenvalue weighted by molar-refractivity contribution is 7.14. The lowest BCUT2D eigenvalue weighted by Gasteiger charge is -2.10. The maximum Gasteiger partial charge on any atom is 0.281 e. The summed E-state index contributed by atoms with van der Waals surface area (Å²) in [6.07, 6.45) is 0. The molecule has 2 aromatic heterocycles. The number of thiazole rings is 1. The van der Waals surface area contributed by atoms with Gasteiger partial charge in [-0.25, -0.2) is 9.67 Å². The van der Waals surface area contributed by atoms with Crippen LogP contribution < -0.4 is 10.7 Å². The number of amides is 1. The van der Waals surface area contributed by atoms with Gasteiger partial charge in [0.2, 0.25) is 5.43 Å². The lowest BCUT2D eigenvalue weighted by atomic mass is 10.2. The number of benzene rings is 2. The van der Waals surface area contributed by atoms with Crippen molar-refractivity contribution in [2.45, 2.75) is 6.92 Å². The topological polar surface area (TPSA) is 76.9 Å². The first-order chi connectivity index (χ1) is 14.0. The Morgan fingerprint density at radius 3 is 2.55 bits per heavy atom. The third-order valence-corrected chi connectivity index (χ3v) is 5.20. The van der Waals surface area contributed by atoms with Crippen LogP contribution in [0.5, 0.6) is 0 Å². The van der Waals surface area contributed by atoms with Crippen molar-refractivity contribution in [1.29, 1.82) is 0 Å². The van der Waals surface area contributed by atoms with Gasteiger partial charge in [0.15, 0.2) is 10.8 Å². The van der Waals surface area contributed by atoms with Crippen LogP contribution in [-0.4, -0.2) is 20.7 Å². The summed E-state index contributed by atoms with van der Waals surface area (Å²) in [5.74, 6) is -0.600. The molecule has 1 N–H and O–H groups in total. The summed E-state index contributed by atoms with van der Waals surface area (Å²) in [6, 6.07) is 18.0. The predicted molar refractivity (Wildman–Crippen MR) is 115 cm³/mol. The molecule has 0 aliphatic heterocycles. The van der Waals surface area contributed by atoms with Crippen LogP contribution in [-0.2, 0) is 0 Å². The van der Waals surface area contributed by atoms with E-state index < -0.39 is 11.3 Å². The molecule has 0 fully saturated rings. The van der Waals surface area contributed by atoms with E-state index in [1.807, 2.05) is 47.8 Å². The Kier molecular flexibility index (Phi) is 5.24. The van der Waals surface area contributed by atoms with Crippen molar-refractivity contribution < 1.29 is 4.79 Å². The maximum atomic E-state index is 12.7. The maximum absolute atomic E-state index is 12.7. The fraction of sp³-hybridized carbons (Fsp3) is 0.0476. The third-order valence-electron chi connectivity index (χ3n) is 4.19. The van der Waals surface area contributed by atoms with Gasteiger partial charge in [-0.3, -0.25) is 14.9 Å². The van der Waals surface area contributed by atoms with E-state index in [-0.39, 0.29) is 5.69 Å². The third kappa shape index (κ3) is 4.11. The summed E-state index contributed by atoms with van der Waals surface area (Å²) < 4.78 is 1.57. The molecular weight excluding hydrogens is 408 g/mol. The molecule has 0 aliphatic rings. The Bertz CT molecular complexity index is 1230. The van der Waals surface area contributed by atoms with Crippen molar-refractivity contribution in [3.05, 3.63) is 92.7 Å². The molecule has 0 saturated heterocycles. The second-order valence-electron chi connectivity index (χ2n) is 6.24. The van der Waals surface area contributed by atoms with E-state index in [0.717, 1.165) is 11.3 Å². The summed E-state index contributed by atoms with van der Waals surface area (Å²) in [6.45, 7) is 1.77. The number of nitrogens with zero attached hydrogens (tertiary/aromatic N) is 3. The zero-order chi connectivity index (χ0) is 20.4. The van der Waals surface area contributed by atoms with Crippen LogP contribution in [0, 0.1) is 6.92 Å². The first-order valence-electron chi connectivity index (χ1n) is 8.70. The lowest BCUT2D eigenvalue weighted by Crippen LogP contribution is -2.26. The summed E-state index contributed by atoms with van der Waals surface area (Å²) >= 11 is 7.18. The molecule has 0 bridgehead atoms. The minimum Gasteiger partial charge on any atom is -0.296 e. The minimum absolute atomic E-state index is 0.192. The van der Waals surface area contributed by atoms with Crippen LogP contribution in [0.2, 0.25) is 5.02 Å². The quantitative estimate of drug-likeness (QED) is 0.522. The molecule has 0 spiro atoms. The summed E-state index contributed by atoms with van der Waals surface area (Å²) in [4.78, 5) is 29.4. The van der Waals surface area contributed by atoms with Crippen LogP contribution in [0.1, 0.15) is 16.2 Å². The van der Waals surface area contributed by atoms with Gasteiger partial charge in [-0.05, 0) is 31.2 Å². The summed E-state index contributed by atoms with van der Waals surface area (Å²) in [5.41, 5.74) is 2.35. The lowest BCUT2D eigenvalue weighted by molar-refractivity contribution is 0.101. The number of nitrogens with one attached hydrogen (secondary N) is 1. The van der Waals surface area contributed by atoms with E-state index >= 15 is 0 Å². The number of halogens is 1. The van der Waals surface area contributed by atoms with Gasteiger partial charge in [0.05, 0.1) is 11.4 Å². The van der Waals surface area contributed by atoms with Crippen LogP contribution in [0.4, 0.5) is 5.13 Å². The van der Waals surface area contributed by atoms with Gasteiger partial charge < -0.3 is 0 Å². The molecule has 0 saturated carbocycles. The molecule has 0 atom stereocenters. The number of carbonyl (C=O) groups is 1. The smallest absolute Gasteiger partial charge is 0.281 e. The Hall–Kier alpha value is -3.29. The van der Waals surface area contributed by atoms with Crippen molar-refractivity contribution in [2.75, 3.05) is 5.32 Å². The normalized spacial score (nSPS) is 10.7. The molecule has 0 aliphatic carbocycles. The first-order valence-corrected chi connectivity index (χ1v) is 9.96. The SMILES string of the molecule is Cc1cc(=O)c(C(=O)Nc2nc(-c3ccc(Cl)cc3)cs2)nn1-c1ccccc1. The fourth-order valence-corrected chi connectivity index (χ4v) is 3.62. The minimum atomic E-state index is -0.600. The number of aryl methyl sites for hydroxylation is 1. The standard InChI is InChI=1S/C21H15ClN4O2S/c1-13-11-18(27)19(25-26(13)16-5-3-2-4-6-16)20(28)24-21-23-17(12-29-21)14-7-9-15(22)10-8-14/h2-12H,1H3,(H,23,24,28). The van der Waals surface area contributed by atoms with Crippen molar-refractivity contribution in [1.82, 2.24) is 14.8 Å². The van der Waals surface area contributed by atoms with E-state index in [2.05, 4.69) is 15.4 Å². The second-order valence-corrected chi connectivity index (χ2v) is 7.54. The highest BCUT2D eigenvalue weighted by Crippen LogP contribution is 2.26. The van der Waals surface area contributed by atoms with Gasteiger partial charge >= 0.3 is 0 Å². The van der Waals surface area contributed by atoms with Crippen molar-refractivity contribution >= 4 is 34.0 Å². The Morgan fingerprint density at radius 2 is 1.83 bits per heavy atom. The van der Waals surface area contributed by atoms with Crippen molar-refractivity contribution in [3.63, 3.8) is 0 Å². The predicted octanol–water partition coefficient (Wildman–Crippen LogP) is 4.57. The number of hydrogen-bond donors (Lipinski definition) is 1. The van der Waals surface area contributed by atoms with Gasteiger partial charge in [0.25, 0.3) is 5.91 Å². The largest absolute Gasteiger partial charge is 0.296 e. The number of aromatic nitrogens is 3. The Balaban J connectivity index is 1.61. The molecule has 1 amide bonds.